The second-order valence-electron chi connectivity index (χ2n) is 6.93. The zero-order chi connectivity index (χ0) is 21.7. The Hall–Kier alpha value is -3.10. The number of rotatable bonds is 7. The number of carboxylic acids is 2. The SMILES string of the molecule is O=C(O)c1cc(OCC(=O)N2CCN(Cc3ccc(Cl)cc3)CC2)cc(C(=O)O)c1. The van der Waals surface area contributed by atoms with E-state index in [1.165, 1.54) is 12.1 Å². The molecule has 2 N–H and O–H groups in total. The predicted molar refractivity (Wildman–Crippen MR) is 109 cm³/mol. The summed E-state index contributed by atoms with van der Waals surface area (Å²) in [6.45, 7) is 3.00. The van der Waals surface area contributed by atoms with Gasteiger partial charge in [-0.2, -0.15) is 0 Å². The van der Waals surface area contributed by atoms with E-state index in [1.54, 1.807) is 4.90 Å². The summed E-state index contributed by atoms with van der Waals surface area (Å²) in [5.41, 5.74) is 0.719. The van der Waals surface area contributed by atoms with Crippen LogP contribution < -0.4 is 4.74 Å². The summed E-state index contributed by atoms with van der Waals surface area (Å²) in [6.07, 6.45) is 0. The fourth-order valence-corrected chi connectivity index (χ4v) is 3.30. The quantitative estimate of drug-likeness (QED) is 0.691. The average Bonchev–Trinajstić information content (AvgIpc) is 2.74. The van der Waals surface area contributed by atoms with Crippen molar-refractivity contribution in [1.82, 2.24) is 9.80 Å². The molecule has 2 aromatic carbocycles. The smallest absolute Gasteiger partial charge is 0.335 e. The largest absolute Gasteiger partial charge is 0.484 e. The minimum absolute atomic E-state index is 0.0297. The molecule has 0 bridgehead atoms. The Morgan fingerprint density at radius 2 is 1.47 bits per heavy atom. The minimum atomic E-state index is -1.27. The Labute approximate surface area is 178 Å². The number of hydrogen-bond acceptors (Lipinski definition) is 5. The molecule has 1 saturated heterocycles. The number of nitrogens with zero attached hydrogens (tertiary/aromatic N) is 2. The van der Waals surface area contributed by atoms with Gasteiger partial charge in [0.25, 0.3) is 5.91 Å². The van der Waals surface area contributed by atoms with Crippen molar-refractivity contribution in [2.45, 2.75) is 6.54 Å². The van der Waals surface area contributed by atoms with Crippen LogP contribution in [-0.2, 0) is 11.3 Å². The lowest BCUT2D eigenvalue weighted by molar-refractivity contribution is -0.135. The van der Waals surface area contributed by atoms with Gasteiger partial charge in [-0.25, -0.2) is 9.59 Å². The van der Waals surface area contributed by atoms with E-state index in [4.69, 9.17) is 26.6 Å². The second-order valence-corrected chi connectivity index (χ2v) is 7.36. The Balaban J connectivity index is 1.52. The molecule has 8 nitrogen and oxygen atoms in total. The summed E-state index contributed by atoms with van der Waals surface area (Å²) in [6, 6.07) is 11.1. The van der Waals surface area contributed by atoms with Gasteiger partial charge in [-0.15, -0.1) is 0 Å². The molecule has 30 heavy (non-hydrogen) atoms. The molecule has 0 aromatic heterocycles. The van der Waals surface area contributed by atoms with Gasteiger partial charge in [0.05, 0.1) is 11.1 Å². The number of carbonyl (C=O) groups is 3. The summed E-state index contributed by atoms with van der Waals surface area (Å²) in [4.78, 5) is 38.7. The van der Waals surface area contributed by atoms with E-state index in [0.29, 0.717) is 31.2 Å². The highest BCUT2D eigenvalue weighted by molar-refractivity contribution is 6.30. The van der Waals surface area contributed by atoms with Crippen LogP contribution in [-0.4, -0.2) is 70.6 Å². The van der Waals surface area contributed by atoms with Gasteiger partial charge >= 0.3 is 11.9 Å². The van der Waals surface area contributed by atoms with Gasteiger partial charge in [0.15, 0.2) is 6.61 Å². The summed E-state index contributed by atoms with van der Waals surface area (Å²) in [7, 11) is 0. The number of benzene rings is 2. The van der Waals surface area contributed by atoms with E-state index in [2.05, 4.69) is 4.90 Å². The van der Waals surface area contributed by atoms with E-state index in [1.807, 2.05) is 24.3 Å². The number of amides is 1. The summed E-state index contributed by atoms with van der Waals surface area (Å²) < 4.78 is 5.39. The molecule has 1 aliphatic rings. The van der Waals surface area contributed by atoms with Gasteiger partial charge in [-0.05, 0) is 35.9 Å². The molecule has 3 rings (SSSR count). The molecule has 1 amide bonds. The van der Waals surface area contributed by atoms with Crippen molar-refractivity contribution in [3.05, 3.63) is 64.2 Å². The van der Waals surface area contributed by atoms with E-state index < -0.39 is 11.9 Å². The average molecular weight is 433 g/mol. The standard InChI is InChI=1S/C21H21ClN2O6/c22-17-3-1-14(2-4-17)12-23-5-7-24(8-6-23)19(25)13-30-18-10-15(20(26)27)9-16(11-18)21(28)29/h1-4,9-11H,5-8,12-13H2,(H,26,27)(H,28,29). The molecule has 1 aliphatic heterocycles. The van der Waals surface area contributed by atoms with Crippen molar-refractivity contribution in [3.8, 4) is 5.75 Å². The van der Waals surface area contributed by atoms with Crippen LogP contribution in [0.5, 0.6) is 5.75 Å². The lowest BCUT2D eigenvalue weighted by atomic mass is 10.1. The van der Waals surface area contributed by atoms with Crippen LogP contribution in [0.3, 0.4) is 0 Å². The molecule has 9 heteroatoms. The Morgan fingerprint density at radius 3 is 2.00 bits per heavy atom. The highest BCUT2D eigenvalue weighted by Crippen LogP contribution is 2.18. The van der Waals surface area contributed by atoms with Crippen LogP contribution in [0.15, 0.2) is 42.5 Å². The first-order chi connectivity index (χ1) is 14.3. The number of carboxylic acid groups (broad SMARTS) is 2. The molecule has 0 radical (unpaired) electrons. The first kappa shape index (κ1) is 21.6. The second kappa shape index (κ2) is 9.60. The van der Waals surface area contributed by atoms with Gasteiger partial charge in [-0.1, -0.05) is 23.7 Å². The maximum atomic E-state index is 12.4. The van der Waals surface area contributed by atoms with Crippen molar-refractivity contribution in [3.63, 3.8) is 0 Å². The zero-order valence-corrected chi connectivity index (χ0v) is 16.8. The third-order valence-corrected chi connectivity index (χ3v) is 5.06. The van der Waals surface area contributed by atoms with Crippen molar-refractivity contribution in [2.24, 2.45) is 0 Å². The number of ether oxygens (including phenoxy) is 1. The molecular weight excluding hydrogens is 412 g/mol. The van der Waals surface area contributed by atoms with Crippen LogP contribution in [0, 0.1) is 0 Å². The molecule has 0 saturated carbocycles. The van der Waals surface area contributed by atoms with E-state index in [9.17, 15) is 14.4 Å². The van der Waals surface area contributed by atoms with Crippen LogP contribution in [0.1, 0.15) is 26.3 Å². The van der Waals surface area contributed by atoms with Gasteiger partial charge in [0.1, 0.15) is 5.75 Å². The maximum absolute atomic E-state index is 12.4. The molecule has 0 aliphatic carbocycles. The molecule has 1 fully saturated rings. The van der Waals surface area contributed by atoms with Crippen molar-refractivity contribution < 1.29 is 29.3 Å². The van der Waals surface area contributed by atoms with Crippen LogP contribution in [0.4, 0.5) is 0 Å². The Morgan fingerprint density at radius 1 is 0.900 bits per heavy atom. The molecule has 2 aromatic rings. The number of carbonyl (C=O) groups excluding carboxylic acids is 1. The molecule has 0 spiro atoms. The van der Waals surface area contributed by atoms with Crippen LogP contribution >= 0.6 is 11.6 Å². The van der Waals surface area contributed by atoms with Gasteiger partial charge in [-0.3, -0.25) is 9.69 Å². The van der Waals surface area contributed by atoms with Gasteiger partial charge in [0, 0.05) is 37.7 Å². The number of hydrogen-bond donors (Lipinski definition) is 2. The summed E-state index contributed by atoms with van der Waals surface area (Å²) in [5, 5.41) is 18.9. The number of piperazine rings is 1. The van der Waals surface area contributed by atoms with Gasteiger partial charge in [0.2, 0.25) is 0 Å². The van der Waals surface area contributed by atoms with E-state index in [0.717, 1.165) is 18.2 Å². The van der Waals surface area contributed by atoms with Crippen LogP contribution in [0.25, 0.3) is 0 Å². The molecule has 158 valence electrons. The number of aromatic carboxylic acids is 2. The summed E-state index contributed by atoms with van der Waals surface area (Å²) in [5.74, 6) is -2.75. The minimum Gasteiger partial charge on any atom is -0.484 e. The lowest BCUT2D eigenvalue weighted by Gasteiger charge is -2.34. The lowest BCUT2D eigenvalue weighted by Crippen LogP contribution is -2.49. The van der Waals surface area contributed by atoms with Crippen molar-refractivity contribution in [1.29, 1.82) is 0 Å². The topological polar surface area (TPSA) is 107 Å². The third-order valence-electron chi connectivity index (χ3n) is 4.81. The van der Waals surface area contributed by atoms with Crippen molar-refractivity contribution in [2.75, 3.05) is 32.8 Å². The zero-order valence-electron chi connectivity index (χ0n) is 16.1. The van der Waals surface area contributed by atoms with Crippen LogP contribution in [0.2, 0.25) is 5.02 Å². The highest BCUT2D eigenvalue weighted by Gasteiger charge is 2.22. The molecular formula is C21H21ClN2O6. The molecule has 0 atom stereocenters. The first-order valence-electron chi connectivity index (χ1n) is 9.31. The molecule has 0 unspecified atom stereocenters. The Kier molecular flexibility index (Phi) is 6.91. The van der Waals surface area contributed by atoms with Crippen molar-refractivity contribution >= 4 is 29.4 Å². The fraction of sp³-hybridized carbons (Fsp3) is 0.286. The first-order valence-corrected chi connectivity index (χ1v) is 9.68. The Bertz CT molecular complexity index is 907. The van der Waals surface area contributed by atoms with Gasteiger partial charge < -0.3 is 19.8 Å². The fourth-order valence-electron chi connectivity index (χ4n) is 3.17. The van der Waals surface area contributed by atoms with E-state index in [-0.39, 0.29) is 29.4 Å². The predicted octanol–water partition coefficient (Wildman–Crippen LogP) is 2.46. The highest BCUT2D eigenvalue weighted by atomic mass is 35.5. The van der Waals surface area contributed by atoms with E-state index >= 15 is 0 Å². The number of halogens is 1. The normalized spacial score (nSPS) is 14.4. The summed E-state index contributed by atoms with van der Waals surface area (Å²) >= 11 is 5.90. The maximum Gasteiger partial charge on any atom is 0.335 e. The molecule has 1 heterocycles. The monoisotopic (exact) mass is 432 g/mol. The third kappa shape index (κ3) is 5.71.